The third-order valence-electron chi connectivity index (χ3n) is 23.8. The van der Waals surface area contributed by atoms with Crippen LogP contribution in [-0.2, 0) is 42.1 Å². The minimum Gasteiger partial charge on any atom is -0.399 e. The fraction of sp³-hybridized carbons (Fsp3) is 0.0667. The molecule has 0 bridgehead atoms. The number of benzene rings is 14. The molecule has 1 aliphatic heterocycles. The standard InChI is InChI=1S/C21H11F3N4OS.C18H9ClF3N3O.4C18H15P.C9H14BNO2S.Pd/c22-21(23,24)13-2-1-3-14(8-13)28-18(29)7-4-12-9-26-16-6-5-15(17-10-25-11-30-17)27-19(16)20(12)28;19-14-6-5-13-16(24-14)17-10(9-23-13)4-7-15(26)25(17)12-3-1-2-11(8-12)18(20,21)22;4*1-4-10-16(11-5-1)19(17-12-6-2-7-13-17)18-14-8-3-9-15-18;1-8(2)9(3,4)13-10(12-8)7-5-11-6-14-7;/h1-11H;1-9H;4*1-15H;5-6H,1-4H3;. The second-order valence-electron chi connectivity index (χ2n) is 34.0. The first-order valence-corrected chi connectivity index (χ1v) is 54.1. The summed E-state index contributed by atoms with van der Waals surface area (Å²) in [4.78, 5) is 51.7. The van der Waals surface area contributed by atoms with Crippen LogP contribution in [0, 0.1) is 0 Å². The molecule has 0 N–H and O–H groups in total. The molecule has 0 spiro atoms. The van der Waals surface area contributed by atoms with E-state index >= 15 is 0 Å². The monoisotopic (exact) mass is 2160 g/mol. The zero-order valence-electron chi connectivity index (χ0n) is 79.7. The Kier molecular flexibility index (Phi) is 36.0. The van der Waals surface area contributed by atoms with Crippen molar-refractivity contribution in [3.8, 4) is 21.9 Å². The fourth-order valence-corrected chi connectivity index (χ4v) is 26.7. The number of thiazole rings is 2. The molecule has 12 nitrogen and oxygen atoms in total. The maximum atomic E-state index is 13.2. The second kappa shape index (κ2) is 50.0. The number of halogens is 7. The van der Waals surface area contributed by atoms with E-state index in [2.05, 4.69) is 394 Å². The Bertz CT molecular complexity index is 7250. The maximum absolute atomic E-state index is 13.2. The Morgan fingerprint density at radius 3 is 0.850 bits per heavy atom. The number of aromatic nitrogens is 8. The summed E-state index contributed by atoms with van der Waals surface area (Å²) in [5, 5.41) is 18.1. The summed E-state index contributed by atoms with van der Waals surface area (Å²) in [6.45, 7) is 8.20. The predicted octanol–water partition coefficient (Wildman–Crippen LogP) is 24.9. The molecule has 0 atom stereocenters. The van der Waals surface area contributed by atoms with Crippen molar-refractivity contribution in [2.45, 2.75) is 51.2 Å². The topological polar surface area (TPSA) is 140 Å². The van der Waals surface area contributed by atoms with Gasteiger partial charge in [0.1, 0.15) is 16.2 Å². The molecule has 0 radical (unpaired) electrons. The van der Waals surface area contributed by atoms with E-state index in [1.54, 1.807) is 77.3 Å². The Balaban J connectivity index is 0.000000124. The minimum atomic E-state index is -4.52. The van der Waals surface area contributed by atoms with E-state index in [4.69, 9.17) is 20.9 Å². The van der Waals surface area contributed by atoms with Crippen LogP contribution >= 0.6 is 66.0 Å². The largest absolute Gasteiger partial charge is 0.507 e. The van der Waals surface area contributed by atoms with E-state index in [0.29, 0.717) is 49.6 Å². The molecule has 0 saturated carbocycles. The Hall–Kier alpha value is -13.9. The van der Waals surface area contributed by atoms with E-state index in [1.807, 2.05) is 27.7 Å². The van der Waals surface area contributed by atoms with Gasteiger partial charge in [-0.25, -0.2) is 9.97 Å². The summed E-state index contributed by atoms with van der Waals surface area (Å²) in [6, 6.07) is 151. The third-order valence-corrected chi connectivity index (χ3v) is 35.3. The molecule has 732 valence electrons. The predicted molar refractivity (Wildman–Crippen MR) is 600 cm³/mol. The first-order valence-electron chi connectivity index (χ1n) is 46.6. The summed E-state index contributed by atoms with van der Waals surface area (Å²) in [6.07, 6.45) is -2.45. The van der Waals surface area contributed by atoms with Gasteiger partial charge in [0.25, 0.3) is 11.1 Å². The number of hydrogen-bond donors (Lipinski definition) is 0. The van der Waals surface area contributed by atoms with Gasteiger partial charge in [0.2, 0.25) is 0 Å². The maximum Gasteiger partial charge on any atom is 0.507 e. The number of hydrogen-bond acceptors (Lipinski definition) is 12. The smallest absolute Gasteiger partial charge is 0.399 e. The van der Waals surface area contributed by atoms with Gasteiger partial charge in [-0.2, -0.15) is 26.3 Å². The SMILES string of the molecule is CC1(C)OB(c2cncs2)OC1(C)C.O=c1ccc2cnc3ccc(-c4cncs4)nc3c2n1-c1cccc(C(F)(F)F)c1.O=c1ccc2cnc3ccc(Cl)nc3c2n1-c1cccc(C(F)(F)F)c1.[Pd].c1ccc(P(c2ccccc2)c2ccccc2)cc1.c1ccc(P(c2ccccc2)c2ccccc2)cc1.c1ccc(P(c2ccccc2)c2ccccc2)cc1.c1ccc(P(c2ccccc2)c2ccccc2)cc1. The second-order valence-corrected chi connectivity index (χ2v) is 45.1. The molecule has 1 saturated heterocycles. The van der Waals surface area contributed by atoms with Crippen molar-refractivity contribution in [3.05, 3.63) is 534 Å². The molecule has 27 heteroatoms. The zero-order chi connectivity index (χ0) is 101. The van der Waals surface area contributed by atoms with Gasteiger partial charge in [0.05, 0.1) is 70.8 Å². The van der Waals surface area contributed by atoms with Crippen molar-refractivity contribution >= 4 is 185 Å². The zero-order valence-corrected chi connectivity index (χ0v) is 87.2. The van der Waals surface area contributed by atoms with Crippen LogP contribution in [0.3, 0.4) is 0 Å². The van der Waals surface area contributed by atoms with Crippen LogP contribution in [-0.4, -0.2) is 57.4 Å². The van der Waals surface area contributed by atoms with Crippen LogP contribution in [0.15, 0.2) is 506 Å². The van der Waals surface area contributed by atoms with Gasteiger partial charge < -0.3 is 9.31 Å². The van der Waals surface area contributed by atoms with Crippen molar-refractivity contribution in [3.63, 3.8) is 0 Å². The van der Waals surface area contributed by atoms with Crippen molar-refractivity contribution < 1.29 is 56.1 Å². The van der Waals surface area contributed by atoms with Crippen LogP contribution in [0.2, 0.25) is 5.15 Å². The number of pyridine rings is 6. The van der Waals surface area contributed by atoms with Crippen LogP contribution in [0.5, 0.6) is 0 Å². The van der Waals surface area contributed by atoms with Gasteiger partial charge in [-0.3, -0.25) is 38.7 Å². The number of fused-ring (bicyclic) bond motifs is 6. The average molecular weight is 2170 g/mol. The van der Waals surface area contributed by atoms with E-state index in [9.17, 15) is 35.9 Å². The summed E-state index contributed by atoms with van der Waals surface area (Å²) >= 11 is 8.94. The van der Waals surface area contributed by atoms with E-state index in [1.165, 1.54) is 127 Å². The van der Waals surface area contributed by atoms with Crippen LogP contribution in [0.4, 0.5) is 26.3 Å². The number of rotatable bonds is 16. The Labute approximate surface area is 880 Å². The van der Waals surface area contributed by atoms with Gasteiger partial charge >= 0.3 is 19.5 Å². The molecule has 22 aromatic rings. The summed E-state index contributed by atoms with van der Waals surface area (Å²) in [5.74, 6) is 0. The Morgan fingerprint density at radius 1 is 0.313 bits per heavy atom. The average Bonchev–Trinajstić information content (AvgIpc) is 1.30. The first kappa shape index (κ1) is 106. The van der Waals surface area contributed by atoms with Gasteiger partial charge in [-0.15, -0.1) is 22.7 Å². The molecular weight excluding hydrogens is 2070 g/mol. The van der Waals surface area contributed by atoms with Crippen molar-refractivity contribution in [1.29, 1.82) is 0 Å². The molecule has 9 heterocycles. The summed E-state index contributed by atoms with van der Waals surface area (Å²) < 4.78 is 94.2. The fourth-order valence-electron chi connectivity index (χ4n) is 16.2. The van der Waals surface area contributed by atoms with Gasteiger partial charge in [-0.1, -0.05) is 388 Å². The summed E-state index contributed by atoms with van der Waals surface area (Å²) in [7, 11) is -2.04. The molecular formula is C120H94BClF6N8O4P4PdS2. The number of nitrogens with zero attached hydrogens (tertiary/aromatic N) is 8. The van der Waals surface area contributed by atoms with E-state index in [0.717, 1.165) is 33.9 Å². The molecule has 0 amide bonds. The molecule has 0 unspecified atom stereocenters. The van der Waals surface area contributed by atoms with Crippen LogP contribution in [0.25, 0.3) is 65.8 Å². The van der Waals surface area contributed by atoms with Crippen LogP contribution < -0.4 is 79.5 Å². The molecule has 23 rings (SSSR count). The van der Waals surface area contributed by atoms with Crippen molar-refractivity contribution in [2.24, 2.45) is 0 Å². The summed E-state index contributed by atoms with van der Waals surface area (Å²) in [5.41, 5.74) is 3.70. The molecule has 1 fully saturated rings. The molecule has 0 aliphatic carbocycles. The first-order chi connectivity index (χ1) is 71.0. The van der Waals surface area contributed by atoms with Crippen molar-refractivity contribution in [2.75, 3.05) is 0 Å². The third kappa shape index (κ3) is 26.8. The molecule has 14 aromatic carbocycles. The molecule has 147 heavy (non-hydrogen) atoms. The normalized spacial score (nSPS) is 12.3. The van der Waals surface area contributed by atoms with E-state index in [-0.39, 0.29) is 55.3 Å². The van der Waals surface area contributed by atoms with Gasteiger partial charge in [0.15, 0.2) is 0 Å². The molecule has 8 aromatic heterocycles. The molecule has 1 aliphatic rings. The van der Waals surface area contributed by atoms with Gasteiger partial charge in [-0.05, 0) is 196 Å². The number of alkyl halides is 6. The Morgan fingerprint density at radius 2 is 0.585 bits per heavy atom. The minimum absolute atomic E-state index is 0. The van der Waals surface area contributed by atoms with Gasteiger partial charge in [0, 0.05) is 79.5 Å². The van der Waals surface area contributed by atoms with Crippen molar-refractivity contribution in [1.82, 2.24) is 39.0 Å². The van der Waals surface area contributed by atoms with Crippen LogP contribution in [0.1, 0.15) is 38.8 Å². The quantitative estimate of drug-likeness (QED) is 0.0302. The van der Waals surface area contributed by atoms with E-state index < -0.39 is 66.3 Å².